The molecule has 1 amide bonds. The standard InChI is InChI=1S/C17H26N2O2.ClH/c1-3-17(4-2,14-8-6-5-7-9-14)13-19-16(20)15-12-18-10-11-21-15;/h5-9,15,18H,3-4,10-13H2,1-2H3,(H,19,20);1H. The second kappa shape index (κ2) is 9.13. The summed E-state index contributed by atoms with van der Waals surface area (Å²) < 4.78 is 5.50. The van der Waals surface area contributed by atoms with Crippen LogP contribution in [-0.4, -0.2) is 38.3 Å². The molecule has 1 aromatic rings. The Hall–Kier alpha value is -1.10. The minimum absolute atomic E-state index is 0. The molecule has 1 fully saturated rings. The van der Waals surface area contributed by atoms with E-state index in [1.807, 2.05) is 6.07 Å². The molecule has 0 bridgehead atoms. The molecular weight excluding hydrogens is 300 g/mol. The number of amides is 1. The van der Waals surface area contributed by atoms with Crippen LogP contribution in [0.4, 0.5) is 0 Å². The summed E-state index contributed by atoms with van der Waals surface area (Å²) in [6.07, 6.45) is 1.63. The lowest BCUT2D eigenvalue weighted by Gasteiger charge is -2.33. The molecule has 1 saturated heterocycles. The number of benzene rings is 1. The van der Waals surface area contributed by atoms with Gasteiger partial charge in [0.2, 0.25) is 5.91 Å². The molecule has 1 aromatic carbocycles. The quantitative estimate of drug-likeness (QED) is 0.843. The summed E-state index contributed by atoms with van der Waals surface area (Å²) in [6, 6.07) is 10.5. The van der Waals surface area contributed by atoms with Gasteiger partial charge in [-0.05, 0) is 18.4 Å². The Balaban J connectivity index is 0.00000242. The topological polar surface area (TPSA) is 50.4 Å². The highest BCUT2D eigenvalue weighted by molar-refractivity contribution is 5.85. The van der Waals surface area contributed by atoms with E-state index in [0.717, 1.165) is 19.4 Å². The van der Waals surface area contributed by atoms with Gasteiger partial charge in [-0.1, -0.05) is 44.2 Å². The number of nitrogens with one attached hydrogen (secondary N) is 2. The van der Waals surface area contributed by atoms with Crippen LogP contribution < -0.4 is 10.6 Å². The fourth-order valence-corrected chi connectivity index (χ4v) is 2.91. The van der Waals surface area contributed by atoms with Gasteiger partial charge < -0.3 is 15.4 Å². The van der Waals surface area contributed by atoms with Crippen LogP contribution in [0.25, 0.3) is 0 Å². The van der Waals surface area contributed by atoms with E-state index in [1.165, 1.54) is 5.56 Å². The number of carbonyl (C=O) groups excluding carboxylic acids is 1. The number of morpholine rings is 1. The molecule has 22 heavy (non-hydrogen) atoms. The second-order valence-electron chi connectivity index (χ2n) is 5.63. The first-order valence-electron chi connectivity index (χ1n) is 7.87. The van der Waals surface area contributed by atoms with Crippen molar-refractivity contribution in [2.24, 2.45) is 0 Å². The summed E-state index contributed by atoms with van der Waals surface area (Å²) in [5.74, 6) is -0.00981. The van der Waals surface area contributed by atoms with E-state index in [-0.39, 0.29) is 29.8 Å². The van der Waals surface area contributed by atoms with Gasteiger partial charge in [-0.2, -0.15) is 0 Å². The molecular formula is C17H27ClN2O2. The average Bonchev–Trinajstić information content (AvgIpc) is 2.58. The Bertz CT molecular complexity index is 443. The van der Waals surface area contributed by atoms with E-state index in [0.29, 0.717) is 19.7 Å². The van der Waals surface area contributed by atoms with Crippen molar-refractivity contribution >= 4 is 18.3 Å². The highest BCUT2D eigenvalue weighted by Crippen LogP contribution is 2.30. The Morgan fingerprint density at radius 3 is 2.55 bits per heavy atom. The van der Waals surface area contributed by atoms with Gasteiger partial charge in [-0.25, -0.2) is 0 Å². The normalized spacial score (nSPS) is 18.4. The molecule has 0 saturated carbocycles. The molecule has 1 aliphatic rings. The van der Waals surface area contributed by atoms with Gasteiger partial charge in [0.05, 0.1) is 6.61 Å². The van der Waals surface area contributed by atoms with E-state index >= 15 is 0 Å². The summed E-state index contributed by atoms with van der Waals surface area (Å²) in [4.78, 5) is 12.2. The molecule has 124 valence electrons. The van der Waals surface area contributed by atoms with Crippen LogP contribution in [0, 0.1) is 0 Å². The average molecular weight is 327 g/mol. The molecule has 1 heterocycles. The van der Waals surface area contributed by atoms with Gasteiger partial charge in [0.1, 0.15) is 6.10 Å². The highest BCUT2D eigenvalue weighted by atomic mass is 35.5. The lowest BCUT2D eigenvalue weighted by Crippen LogP contribution is -2.50. The fraction of sp³-hybridized carbons (Fsp3) is 0.588. The third kappa shape index (κ3) is 4.45. The fourth-order valence-electron chi connectivity index (χ4n) is 2.91. The van der Waals surface area contributed by atoms with Crippen molar-refractivity contribution in [3.05, 3.63) is 35.9 Å². The molecule has 2 rings (SSSR count). The van der Waals surface area contributed by atoms with Crippen LogP contribution in [0.3, 0.4) is 0 Å². The Morgan fingerprint density at radius 1 is 1.32 bits per heavy atom. The van der Waals surface area contributed by atoms with Crippen molar-refractivity contribution in [1.29, 1.82) is 0 Å². The van der Waals surface area contributed by atoms with Crippen molar-refractivity contribution < 1.29 is 9.53 Å². The number of rotatable bonds is 6. The van der Waals surface area contributed by atoms with Crippen LogP contribution in [0.2, 0.25) is 0 Å². The van der Waals surface area contributed by atoms with E-state index in [4.69, 9.17) is 4.74 Å². The maximum absolute atomic E-state index is 12.2. The maximum atomic E-state index is 12.2. The van der Waals surface area contributed by atoms with Gasteiger partial charge in [-0.3, -0.25) is 4.79 Å². The molecule has 1 atom stereocenters. The van der Waals surface area contributed by atoms with Gasteiger partial charge in [-0.15, -0.1) is 12.4 Å². The summed E-state index contributed by atoms with van der Waals surface area (Å²) in [5.41, 5.74) is 1.29. The molecule has 0 aromatic heterocycles. The zero-order valence-corrected chi connectivity index (χ0v) is 14.2. The summed E-state index contributed by atoms with van der Waals surface area (Å²) >= 11 is 0. The first kappa shape index (κ1) is 18.9. The summed E-state index contributed by atoms with van der Waals surface area (Å²) in [5, 5.41) is 6.28. The monoisotopic (exact) mass is 326 g/mol. The highest BCUT2D eigenvalue weighted by Gasteiger charge is 2.30. The molecule has 0 spiro atoms. The van der Waals surface area contributed by atoms with Crippen molar-refractivity contribution in [2.45, 2.75) is 38.2 Å². The maximum Gasteiger partial charge on any atom is 0.250 e. The summed E-state index contributed by atoms with van der Waals surface area (Å²) in [7, 11) is 0. The third-order valence-electron chi connectivity index (χ3n) is 4.56. The summed E-state index contributed by atoms with van der Waals surface area (Å²) in [6.45, 7) is 7.04. The van der Waals surface area contributed by atoms with Crippen LogP contribution in [0.15, 0.2) is 30.3 Å². The Morgan fingerprint density at radius 2 is 2.00 bits per heavy atom. The van der Waals surface area contributed by atoms with E-state index in [2.05, 4.69) is 48.7 Å². The van der Waals surface area contributed by atoms with Crippen LogP contribution in [-0.2, 0) is 14.9 Å². The van der Waals surface area contributed by atoms with Crippen LogP contribution in [0.1, 0.15) is 32.3 Å². The smallest absolute Gasteiger partial charge is 0.250 e. The van der Waals surface area contributed by atoms with Gasteiger partial charge >= 0.3 is 0 Å². The lowest BCUT2D eigenvalue weighted by atomic mass is 9.76. The zero-order chi connectivity index (χ0) is 15.1. The molecule has 1 unspecified atom stereocenters. The van der Waals surface area contributed by atoms with Crippen LogP contribution in [0.5, 0.6) is 0 Å². The van der Waals surface area contributed by atoms with Gasteiger partial charge in [0.25, 0.3) is 0 Å². The molecule has 0 radical (unpaired) electrons. The van der Waals surface area contributed by atoms with E-state index in [1.54, 1.807) is 0 Å². The first-order valence-corrected chi connectivity index (χ1v) is 7.87. The van der Waals surface area contributed by atoms with E-state index in [9.17, 15) is 4.79 Å². The molecule has 2 N–H and O–H groups in total. The van der Waals surface area contributed by atoms with Gasteiger partial charge in [0, 0.05) is 25.0 Å². The minimum Gasteiger partial charge on any atom is -0.366 e. The Labute approximate surface area is 139 Å². The molecule has 4 nitrogen and oxygen atoms in total. The van der Waals surface area contributed by atoms with Crippen molar-refractivity contribution in [2.75, 3.05) is 26.2 Å². The first-order chi connectivity index (χ1) is 10.2. The molecule has 0 aliphatic carbocycles. The zero-order valence-electron chi connectivity index (χ0n) is 13.4. The number of hydrogen-bond donors (Lipinski definition) is 2. The third-order valence-corrected chi connectivity index (χ3v) is 4.56. The number of hydrogen-bond acceptors (Lipinski definition) is 3. The van der Waals surface area contributed by atoms with Crippen molar-refractivity contribution in [3.8, 4) is 0 Å². The van der Waals surface area contributed by atoms with Gasteiger partial charge in [0.15, 0.2) is 0 Å². The molecule has 1 aliphatic heterocycles. The molecule has 5 heteroatoms. The van der Waals surface area contributed by atoms with Crippen LogP contribution >= 0.6 is 12.4 Å². The van der Waals surface area contributed by atoms with E-state index < -0.39 is 0 Å². The second-order valence-corrected chi connectivity index (χ2v) is 5.63. The SMILES string of the molecule is CCC(CC)(CNC(=O)C1CNCCO1)c1ccccc1.Cl. The minimum atomic E-state index is -0.360. The number of carbonyl (C=O) groups is 1. The predicted molar refractivity (Wildman–Crippen MR) is 91.6 cm³/mol. The predicted octanol–water partition coefficient (Wildman–Crippen LogP) is 2.27. The largest absolute Gasteiger partial charge is 0.366 e. The van der Waals surface area contributed by atoms with Crippen molar-refractivity contribution in [3.63, 3.8) is 0 Å². The number of ether oxygens (including phenoxy) is 1. The Kier molecular flexibility index (Phi) is 7.87. The van der Waals surface area contributed by atoms with Crippen molar-refractivity contribution in [1.82, 2.24) is 10.6 Å². The number of halogens is 1. The lowest BCUT2D eigenvalue weighted by molar-refractivity contribution is -0.134.